The molecule has 7 heteroatoms. The van der Waals surface area contributed by atoms with E-state index in [0.29, 0.717) is 5.82 Å². The van der Waals surface area contributed by atoms with Crippen molar-refractivity contribution >= 4 is 10.0 Å². The van der Waals surface area contributed by atoms with Gasteiger partial charge in [0, 0.05) is 5.56 Å². The quantitative estimate of drug-likeness (QED) is 0.770. The van der Waals surface area contributed by atoms with E-state index in [9.17, 15) is 8.42 Å². The fourth-order valence-electron chi connectivity index (χ4n) is 2.28. The van der Waals surface area contributed by atoms with Crippen LogP contribution in [0.5, 0.6) is 0 Å². The number of aryl methyl sites for hydroxylation is 2. The van der Waals surface area contributed by atoms with Gasteiger partial charge in [0.15, 0.2) is 0 Å². The molecule has 124 valence electrons. The van der Waals surface area contributed by atoms with Crippen LogP contribution in [0.1, 0.15) is 17.0 Å². The highest BCUT2D eigenvalue weighted by Gasteiger charge is 2.16. The molecule has 0 aliphatic rings. The lowest BCUT2D eigenvalue weighted by atomic mass is 10.1. The molecular formula is C17H17N3O3S. The molecule has 0 bridgehead atoms. The second-order valence-electron chi connectivity index (χ2n) is 5.47. The van der Waals surface area contributed by atoms with Gasteiger partial charge in [-0.2, -0.15) is 4.98 Å². The molecule has 0 amide bonds. The highest BCUT2D eigenvalue weighted by molar-refractivity contribution is 7.89. The first kappa shape index (κ1) is 16.4. The molecule has 3 aromatic rings. The zero-order chi connectivity index (χ0) is 17.2. The molecule has 0 fully saturated rings. The number of nitrogens with one attached hydrogen (secondary N) is 1. The minimum absolute atomic E-state index is 0.0604. The van der Waals surface area contributed by atoms with Crippen LogP contribution in [0.15, 0.2) is 57.9 Å². The van der Waals surface area contributed by atoms with E-state index in [2.05, 4.69) is 14.9 Å². The van der Waals surface area contributed by atoms with Gasteiger partial charge < -0.3 is 4.52 Å². The van der Waals surface area contributed by atoms with Gasteiger partial charge in [0.1, 0.15) is 0 Å². The fraction of sp³-hybridized carbons (Fsp3) is 0.176. The standard InChI is InChI=1S/C17H17N3O3S/c1-12-6-5-8-14(10-12)24(21,22)18-11-16-19-17(20-23-16)15-9-4-3-7-13(15)2/h3-10,18H,11H2,1-2H3. The zero-order valence-electron chi connectivity index (χ0n) is 13.4. The first-order valence-corrected chi connectivity index (χ1v) is 8.89. The Morgan fingerprint density at radius 1 is 1.08 bits per heavy atom. The molecule has 0 saturated heterocycles. The Kier molecular flexibility index (Phi) is 4.46. The molecule has 1 heterocycles. The Morgan fingerprint density at radius 2 is 1.88 bits per heavy atom. The summed E-state index contributed by atoms with van der Waals surface area (Å²) in [4.78, 5) is 4.46. The Morgan fingerprint density at radius 3 is 2.62 bits per heavy atom. The fourth-order valence-corrected chi connectivity index (χ4v) is 3.36. The van der Waals surface area contributed by atoms with Crippen LogP contribution in [0.2, 0.25) is 0 Å². The minimum Gasteiger partial charge on any atom is -0.338 e. The molecule has 2 aromatic carbocycles. The molecule has 1 aromatic heterocycles. The van der Waals surface area contributed by atoms with Crippen LogP contribution >= 0.6 is 0 Å². The van der Waals surface area contributed by atoms with Gasteiger partial charge in [0.05, 0.1) is 11.4 Å². The van der Waals surface area contributed by atoms with Crippen LogP contribution in [0.4, 0.5) is 0 Å². The third-order valence-electron chi connectivity index (χ3n) is 3.57. The van der Waals surface area contributed by atoms with Crippen LogP contribution < -0.4 is 4.72 Å². The smallest absolute Gasteiger partial charge is 0.242 e. The van der Waals surface area contributed by atoms with Crippen molar-refractivity contribution in [2.45, 2.75) is 25.3 Å². The van der Waals surface area contributed by atoms with Crippen molar-refractivity contribution in [3.63, 3.8) is 0 Å². The Balaban J connectivity index is 1.75. The third kappa shape index (κ3) is 3.52. The first-order chi connectivity index (χ1) is 11.5. The zero-order valence-corrected chi connectivity index (χ0v) is 14.2. The Hall–Kier alpha value is -2.51. The maximum Gasteiger partial charge on any atom is 0.242 e. The van der Waals surface area contributed by atoms with Crippen molar-refractivity contribution in [2.24, 2.45) is 0 Å². The molecule has 0 aliphatic carbocycles. The molecule has 0 atom stereocenters. The molecular weight excluding hydrogens is 326 g/mol. The number of hydrogen-bond donors (Lipinski definition) is 1. The van der Waals surface area contributed by atoms with E-state index in [1.807, 2.05) is 44.2 Å². The summed E-state index contributed by atoms with van der Waals surface area (Å²) >= 11 is 0. The molecule has 6 nitrogen and oxygen atoms in total. The molecule has 0 spiro atoms. The SMILES string of the molecule is Cc1cccc(S(=O)(=O)NCc2nc(-c3ccccc3C)no2)c1. The van der Waals surface area contributed by atoms with E-state index in [-0.39, 0.29) is 17.3 Å². The second-order valence-corrected chi connectivity index (χ2v) is 7.23. The van der Waals surface area contributed by atoms with Gasteiger partial charge in [-0.3, -0.25) is 0 Å². The minimum atomic E-state index is -3.62. The summed E-state index contributed by atoms with van der Waals surface area (Å²) in [6, 6.07) is 14.3. The normalized spacial score (nSPS) is 11.6. The van der Waals surface area contributed by atoms with Crippen molar-refractivity contribution in [2.75, 3.05) is 0 Å². The lowest BCUT2D eigenvalue weighted by Crippen LogP contribution is -2.23. The van der Waals surface area contributed by atoms with Crippen LogP contribution in [-0.2, 0) is 16.6 Å². The van der Waals surface area contributed by atoms with Crippen molar-refractivity contribution in [3.8, 4) is 11.4 Å². The van der Waals surface area contributed by atoms with Gasteiger partial charge in [-0.1, -0.05) is 41.6 Å². The van der Waals surface area contributed by atoms with Crippen LogP contribution in [0.3, 0.4) is 0 Å². The van der Waals surface area contributed by atoms with Gasteiger partial charge >= 0.3 is 0 Å². The third-order valence-corrected chi connectivity index (χ3v) is 4.97. The monoisotopic (exact) mass is 343 g/mol. The van der Waals surface area contributed by atoms with Gasteiger partial charge in [-0.05, 0) is 37.1 Å². The van der Waals surface area contributed by atoms with Gasteiger partial charge in [0.2, 0.25) is 21.7 Å². The van der Waals surface area contributed by atoms with Crippen LogP contribution in [0.25, 0.3) is 11.4 Å². The average Bonchev–Trinajstić information content (AvgIpc) is 3.02. The topological polar surface area (TPSA) is 85.1 Å². The number of hydrogen-bond acceptors (Lipinski definition) is 5. The van der Waals surface area contributed by atoms with Crippen LogP contribution in [-0.4, -0.2) is 18.6 Å². The van der Waals surface area contributed by atoms with Crippen molar-refractivity contribution in [3.05, 3.63) is 65.5 Å². The summed E-state index contributed by atoms with van der Waals surface area (Å²) in [5, 5.41) is 3.91. The van der Waals surface area contributed by atoms with E-state index in [1.54, 1.807) is 18.2 Å². The molecule has 24 heavy (non-hydrogen) atoms. The summed E-state index contributed by atoms with van der Waals surface area (Å²) in [6.07, 6.45) is 0. The second kappa shape index (κ2) is 6.54. The molecule has 0 saturated carbocycles. The lowest BCUT2D eigenvalue weighted by Gasteiger charge is -2.05. The van der Waals surface area contributed by atoms with Crippen molar-refractivity contribution in [1.29, 1.82) is 0 Å². The van der Waals surface area contributed by atoms with E-state index in [4.69, 9.17) is 4.52 Å². The summed E-state index contributed by atoms with van der Waals surface area (Å²) in [5.74, 6) is 0.655. The van der Waals surface area contributed by atoms with Gasteiger partial charge in [-0.15, -0.1) is 0 Å². The maximum absolute atomic E-state index is 12.3. The highest BCUT2D eigenvalue weighted by Crippen LogP contribution is 2.20. The Bertz CT molecular complexity index is 964. The molecule has 0 unspecified atom stereocenters. The summed E-state index contributed by atoms with van der Waals surface area (Å²) in [6.45, 7) is 3.73. The van der Waals surface area contributed by atoms with Crippen LogP contribution in [0, 0.1) is 13.8 Å². The maximum atomic E-state index is 12.3. The molecule has 3 rings (SSSR count). The van der Waals surface area contributed by atoms with Crippen molar-refractivity contribution in [1.82, 2.24) is 14.9 Å². The van der Waals surface area contributed by atoms with Crippen molar-refractivity contribution < 1.29 is 12.9 Å². The average molecular weight is 343 g/mol. The molecule has 0 aliphatic heterocycles. The van der Waals surface area contributed by atoms with E-state index < -0.39 is 10.0 Å². The van der Waals surface area contributed by atoms with Gasteiger partial charge in [-0.25, -0.2) is 13.1 Å². The van der Waals surface area contributed by atoms with E-state index >= 15 is 0 Å². The lowest BCUT2D eigenvalue weighted by molar-refractivity contribution is 0.376. The number of nitrogens with zero attached hydrogens (tertiary/aromatic N) is 2. The molecule has 1 N–H and O–H groups in total. The first-order valence-electron chi connectivity index (χ1n) is 7.40. The largest absolute Gasteiger partial charge is 0.338 e. The summed E-state index contributed by atoms with van der Waals surface area (Å²) < 4.78 is 32.2. The molecule has 0 radical (unpaired) electrons. The summed E-state index contributed by atoms with van der Waals surface area (Å²) in [5.41, 5.74) is 2.75. The summed E-state index contributed by atoms with van der Waals surface area (Å²) in [7, 11) is -3.62. The van der Waals surface area contributed by atoms with E-state index in [0.717, 1.165) is 16.7 Å². The predicted octanol–water partition coefficient (Wildman–Crippen LogP) is 2.83. The van der Waals surface area contributed by atoms with Gasteiger partial charge in [0.25, 0.3) is 0 Å². The number of rotatable bonds is 5. The number of aromatic nitrogens is 2. The van der Waals surface area contributed by atoms with E-state index in [1.165, 1.54) is 0 Å². The Labute approximate surface area is 140 Å². The number of sulfonamides is 1. The highest BCUT2D eigenvalue weighted by atomic mass is 32.2. The number of benzene rings is 2. The predicted molar refractivity (Wildman–Crippen MR) is 89.7 cm³/mol.